The minimum Gasteiger partial charge on any atom is -0.454 e. The Morgan fingerprint density at radius 2 is 1.88 bits per heavy atom. The Labute approximate surface area is 135 Å². The third kappa shape index (κ3) is 2.11. The molecule has 0 amide bonds. The number of nitrogens with zero attached hydrogens (tertiary/aromatic N) is 3. The van der Waals surface area contributed by atoms with Gasteiger partial charge in [-0.3, -0.25) is 4.40 Å². The largest absolute Gasteiger partial charge is 0.454 e. The van der Waals surface area contributed by atoms with Gasteiger partial charge in [-0.25, -0.2) is 8.78 Å². The van der Waals surface area contributed by atoms with Gasteiger partial charge in [0.25, 0.3) is 5.92 Å². The van der Waals surface area contributed by atoms with E-state index in [1.54, 1.807) is 4.40 Å². The van der Waals surface area contributed by atoms with Gasteiger partial charge in [-0.2, -0.15) is 0 Å². The summed E-state index contributed by atoms with van der Waals surface area (Å²) < 4.78 is 38.7. The van der Waals surface area contributed by atoms with E-state index >= 15 is 0 Å². The predicted octanol–water partition coefficient (Wildman–Crippen LogP) is 3.32. The standard InChI is InChI=1S/C17H13F2N3O2/c18-17(19)8-12(17)7-16-21-20-15-6-11(3-4-22(15)16)10-1-2-13-14(5-10)24-9-23-13/h1-6,12H,7-9H2. The molecule has 5 nitrogen and oxygen atoms in total. The van der Waals surface area contributed by atoms with E-state index in [0.717, 1.165) is 16.9 Å². The van der Waals surface area contributed by atoms with E-state index in [-0.39, 0.29) is 19.6 Å². The minimum atomic E-state index is -2.54. The van der Waals surface area contributed by atoms with Crippen LogP contribution in [0.25, 0.3) is 16.8 Å². The highest BCUT2D eigenvalue weighted by molar-refractivity contribution is 5.70. The Bertz CT molecular complexity index is 954. The zero-order chi connectivity index (χ0) is 16.3. The molecule has 7 heteroatoms. The van der Waals surface area contributed by atoms with Crippen molar-refractivity contribution in [1.29, 1.82) is 0 Å². The van der Waals surface area contributed by atoms with Crippen LogP contribution in [0.1, 0.15) is 12.2 Å². The molecule has 1 aliphatic carbocycles. The number of hydrogen-bond acceptors (Lipinski definition) is 4. The molecule has 0 saturated heterocycles. The van der Waals surface area contributed by atoms with Crippen LogP contribution in [0.2, 0.25) is 0 Å². The van der Waals surface area contributed by atoms with Gasteiger partial charge in [0.2, 0.25) is 6.79 Å². The molecule has 1 aromatic carbocycles. The number of benzene rings is 1. The van der Waals surface area contributed by atoms with Crippen LogP contribution < -0.4 is 9.47 Å². The third-order valence-electron chi connectivity index (χ3n) is 4.57. The Kier molecular flexibility index (Phi) is 2.66. The van der Waals surface area contributed by atoms with Crippen LogP contribution in [0.5, 0.6) is 11.5 Å². The SMILES string of the molecule is FC1(F)CC1Cc1nnc2cc(-c3ccc4c(c3)OCO4)ccn12. The molecular formula is C17H13F2N3O2. The number of aromatic nitrogens is 3. The number of ether oxygens (including phenoxy) is 2. The highest BCUT2D eigenvalue weighted by Gasteiger charge is 2.56. The highest BCUT2D eigenvalue weighted by atomic mass is 19.3. The van der Waals surface area contributed by atoms with Crippen molar-refractivity contribution in [3.8, 4) is 22.6 Å². The van der Waals surface area contributed by atoms with Gasteiger partial charge in [0.1, 0.15) is 5.82 Å². The number of pyridine rings is 1. The molecule has 1 fully saturated rings. The third-order valence-corrected chi connectivity index (χ3v) is 4.57. The number of fused-ring (bicyclic) bond motifs is 2. The van der Waals surface area contributed by atoms with Crippen molar-refractivity contribution in [3.63, 3.8) is 0 Å². The van der Waals surface area contributed by atoms with Crippen LogP contribution in [0.15, 0.2) is 36.5 Å². The summed E-state index contributed by atoms with van der Waals surface area (Å²) in [6.07, 6.45) is 2.01. The number of halogens is 2. The van der Waals surface area contributed by atoms with Crippen LogP contribution in [0.4, 0.5) is 8.78 Å². The van der Waals surface area contributed by atoms with Gasteiger partial charge in [-0.15, -0.1) is 10.2 Å². The van der Waals surface area contributed by atoms with E-state index in [1.165, 1.54) is 0 Å². The van der Waals surface area contributed by atoms with Crippen LogP contribution >= 0.6 is 0 Å². The summed E-state index contributed by atoms with van der Waals surface area (Å²) >= 11 is 0. The molecule has 0 radical (unpaired) electrons. The molecule has 0 bridgehead atoms. The first-order valence-electron chi connectivity index (χ1n) is 7.72. The van der Waals surface area contributed by atoms with Crippen molar-refractivity contribution < 1.29 is 18.3 Å². The smallest absolute Gasteiger partial charge is 0.252 e. The summed E-state index contributed by atoms with van der Waals surface area (Å²) in [5.74, 6) is -1.14. The quantitative estimate of drug-likeness (QED) is 0.740. The average Bonchev–Trinajstić information content (AvgIpc) is 2.98. The summed E-state index contributed by atoms with van der Waals surface area (Å²) in [6.45, 7) is 0.233. The molecule has 2 aliphatic rings. The molecule has 1 saturated carbocycles. The lowest BCUT2D eigenvalue weighted by Crippen LogP contribution is -2.01. The van der Waals surface area contributed by atoms with E-state index < -0.39 is 11.8 Å². The molecule has 122 valence electrons. The van der Waals surface area contributed by atoms with Crippen LogP contribution in [-0.2, 0) is 6.42 Å². The predicted molar refractivity (Wildman–Crippen MR) is 81.3 cm³/mol. The fourth-order valence-corrected chi connectivity index (χ4v) is 3.05. The van der Waals surface area contributed by atoms with Gasteiger partial charge < -0.3 is 9.47 Å². The van der Waals surface area contributed by atoms with Gasteiger partial charge in [-0.1, -0.05) is 6.07 Å². The number of rotatable bonds is 3. The second kappa shape index (κ2) is 4.66. The molecule has 3 aromatic rings. The van der Waals surface area contributed by atoms with Crippen LogP contribution in [-0.4, -0.2) is 27.3 Å². The van der Waals surface area contributed by atoms with Gasteiger partial charge >= 0.3 is 0 Å². The summed E-state index contributed by atoms with van der Waals surface area (Å²) in [5.41, 5.74) is 2.57. The molecule has 3 heterocycles. The van der Waals surface area contributed by atoms with Gasteiger partial charge in [0, 0.05) is 25.0 Å². The molecule has 1 atom stereocenters. The van der Waals surface area contributed by atoms with Crippen molar-refractivity contribution in [2.45, 2.75) is 18.8 Å². The number of hydrogen-bond donors (Lipinski definition) is 0. The molecule has 1 unspecified atom stereocenters. The Morgan fingerprint density at radius 1 is 1.08 bits per heavy atom. The van der Waals surface area contributed by atoms with Gasteiger partial charge in [-0.05, 0) is 35.4 Å². The summed E-state index contributed by atoms with van der Waals surface area (Å²) in [7, 11) is 0. The Balaban J connectivity index is 1.48. The fourth-order valence-electron chi connectivity index (χ4n) is 3.05. The van der Waals surface area contributed by atoms with Crippen LogP contribution in [0.3, 0.4) is 0 Å². The molecule has 0 spiro atoms. The lowest BCUT2D eigenvalue weighted by molar-refractivity contribution is 0.0984. The highest BCUT2D eigenvalue weighted by Crippen LogP contribution is 2.50. The molecule has 5 rings (SSSR count). The molecule has 2 aromatic heterocycles. The second-order valence-electron chi connectivity index (χ2n) is 6.19. The molecule has 24 heavy (non-hydrogen) atoms. The Morgan fingerprint density at radius 3 is 2.71 bits per heavy atom. The molecule has 1 aliphatic heterocycles. The first kappa shape index (κ1) is 13.7. The fraction of sp³-hybridized carbons (Fsp3) is 0.294. The minimum absolute atomic E-state index is 0.0583. The summed E-state index contributed by atoms with van der Waals surface area (Å²) in [5, 5.41) is 8.19. The van der Waals surface area contributed by atoms with Gasteiger partial charge in [0.05, 0.1) is 0 Å². The topological polar surface area (TPSA) is 48.7 Å². The van der Waals surface area contributed by atoms with Gasteiger partial charge in [0.15, 0.2) is 17.1 Å². The van der Waals surface area contributed by atoms with E-state index in [9.17, 15) is 8.78 Å². The first-order chi connectivity index (χ1) is 11.6. The maximum Gasteiger partial charge on any atom is 0.252 e. The van der Waals surface area contributed by atoms with E-state index in [1.807, 2.05) is 36.5 Å². The lowest BCUT2D eigenvalue weighted by atomic mass is 10.1. The normalized spacial score (nSPS) is 20.5. The summed E-state index contributed by atoms with van der Waals surface area (Å²) in [6, 6.07) is 9.53. The molecule has 0 N–H and O–H groups in total. The molecular weight excluding hydrogens is 316 g/mol. The van der Waals surface area contributed by atoms with Crippen LogP contribution in [0, 0.1) is 5.92 Å². The zero-order valence-corrected chi connectivity index (χ0v) is 12.6. The monoisotopic (exact) mass is 329 g/mol. The number of alkyl halides is 2. The van der Waals surface area contributed by atoms with Crippen molar-refractivity contribution >= 4 is 5.65 Å². The van der Waals surface area contributed by atoms with Crippen molar-refractivity contribution in [2.24, 2.45) is 5.92 Å². The maximum absolute atomic E-state index is 13.1. The van der Waals surface area contributed by atoms with Crippen molar-refractivity contribution in [1.82, 2.24) is 14.6 Å². The summed E-state index contributed by atoms with van der Waals surface area (Å²) in [4.78, 5) is 0. The average molecular weight is 329 g/mol. The van der Waals surface area contributed by atoms with E-state index in [0.29, 0.717) is 17.2 Å². The second-order valence-corrected chi connectivity index (χ2v) is 6.19. The van der Waals surface area contributed by atoms with Crippen molar-refractivity contribution in [2.75, 3.05) is 6.79 Å². The lowest BCUT2D eigenvalue weighted by Gasteiger charge is -2.05. The van der Waals surface area contributed by atoms with E-state index in [2.05, 4.69) is 10.2 Å². The van der Waals surface area contributed by atoms with E-state index in [4.69, 9.17) is 9.47 Å². The maximum atomic E-state index is 13.1. The zero-order valence-electron chi connectivity index (χ0n) is 12.6. The first-order valence-corrected chi connectivity index (χ1v) is 7.72. The van der Waals surface area contributed by atoms with Crippen molar-refractivity contribution in [3.05, 3.63) is 42.4 Å². The Hall–Kier alpha value is -2.70.